The number of aliphatic hydroxyl groups is 2. The molecule has 5 atom stereocenters. The van der Waals surface area contributed by atoms with Crippen molar-refractivity contribution in [1.82, 2.24) is 0 Å². The van der Waals surface area contributed by atoms with Crippen LogP contribution in [0.1, 0.15) is 26.3 Å². The molecule has 1 aliphatic heterocycles. The smallest absolute Gasteiger partial charge is 0.118 e. The van der Waals surface area contributed by atoms with Gasteiger partial charge in [0.2, 0.25) is 0 Å². The number of aliphatic hydroxyl groups excluding tert-OH is 2. The van der Waals surface area contributed by atoms with Gasteiger partial charge in [0.05, 0.1) is 32.5 Å². The summed E-state index contributed by atoms with van der Waals surface area (Å²) in [6.45, 7) is 6.67. The first-order valence-electron chi connectivity index (χ1n) is 8.80. The molecule has 140 valence electrons. The molecular formula is C20H30O5. The summed E-state index contributed by atoms with van der Waals surface area (Å²) < 4.78 is 16.7. The topological polar surface area (TPSA) is 71.5 Å². The standard InChI is InChI=1S/C20H30O5/c1-13(9-14(2)20-18(11-22)25-20)19(15(3)10-21)24-12-16-5-7-17(23-4)8-6-16/h5-9,14-15,18-22H,10-12H2,1-4H3/b13-9+/t14-,15+,18-,19-,20-/m1/s1. The molecule has 0 aromatic heterocycles. The minimum Gasteiger partial charge on any atom is -0.497 e. The van der Waals surface area contributed by atoms with Crippen LogP contribution >= 0.6 is 0 Å². The van der Waals surface area contributed by atoms with Gasteiger partial charge in [0, 0.05) is 18.4 Å². The summed E-state index contributed by atoms with van der Waals surface area (Å²) in [4.78, 5) is 0. The highest BCUT2D eigenvalue weighted by Crippen LogP contribution is 2.31. The summed E-state index contributed by atoms with van der Waals surface area (Å²) in [5.41, 5.74) is 2.14. The van der Waals surface area contributed by atoms with Gasteiger partial charge in [0.1, 0.15) is 11.9 Å². The molecule has 0 spiro atoms. The summed E-state index contributed by atoms with van der Waals surface area (Å²) in [6, 6.07) is 7.77. The van der Waals surface area contributed by atoms with E-state index in [2.05, 4.69) is 13.0 Å². The highest BCUT2D eigenvalue weighted by molar-refractivity contribution is 5.26. The van der Waals surface area contributed by atoms with Gasteiger partial charge < -0.3 is 24.4 Å². The van der Waals surface area contributed by atoms with Crippen molar-refractivity contribution in [3.05, 3.63) is 41.5 Å². The molecule has 0 bridgehead atoms. The second-order valence-electron chi connectivity index (χ2n) is 6.83. The molecule has 0 unspecified atom stereocenters. The highest BCUT2D eigenvalue weighted by Gasteiger charge is 2.41. The first-order chi connectivity index (χ1) is 12.0. The van der Waals surface area contributed by atoms with Crippen molar-refractivity contribution in [2.24, 2.45) is 11.8 Å². The van der Waals surface area contributed by atoms with Crippen LogP contribution < -0.4 is 4.74 Å². The van der Waals surface area contributed by atoms with Gasteiger partial charge in [-0.25, -0.2) is 0 Å². The molecular weight excluding hydrogens is 320 g/mol. The van der Waals surface area contributed by atoms with Gasteiger partial charge in [-0.05, 0) is 30.2 Å². The molecule has 0 radical (unpaired) electrons. The van der Waals surface area contributed by atoms with Crippen molar-refractivity contribution in [3.8, 4) is 5.75 Å². The van der Waals surface area contributed by atoms with E-state index < -0.39 is 0 Å². The Labute approximate surface area is 150 Å². The number of epoxide rings is 1. The van der Waals surface area contributed by atoms with Crippen LogP contribution in [-0.4, -0.2) is 48.8 Å². The van der Waals surface area contributed by atoms with E-state index in [0.717, 1.165) is 16.9 Å². The molecule has 25 heavy (non-hydrogen) atoms. The molecule has 0 aliphatic carbocycles. The lowest BCUT2D eigenvalue weighted by atomic mass is 9.94. The molecule has 0 amide bonds. The first-order valence-corrected chi connectivity index (χ1v) is 8.80. The Hall–Kier alpha value is -1.40. The average molecular weight is 350 g/mol. The number of hydrogen-bond donors (Lipinski definition) is 2. The first kappa shape index (κ1) is 19.9. The lowest BCUT2D eigenvalue weighted by Crippen LogP contribution is -2.26. The van der Waals surface area contributed by atoms with E-state index >= 15 is 0 Å². The quantitative estimate of drug-likeness (QED) is 0.501. The van der Waals surface area contributed by atoms with Gasteiger partial charge in [-0.3, -0.25) is 0 Å². The Bertz CT molecular complexity index is 554. The maximum Gasteiger partial charge on any atom is 0.118 e. The van der Waals surface area contributed by atoms with Crippen LogP contribution in [-0.2, 0) is 16.1 Å². The molecule has 1 saturated heterocycles. The Morgan fingerprint density at radius 2 is 1.92 bits per heavy atom. The summed E-state index contributed by atoms with van der Waals surface area (Å²) in [7, 11) is 1.64. The third kappa shape index (κ3) is 5.54. The molecule has 1 aromatic carbocycles. The second kappa shape index (κ2) is 9.34. The van der Waals surface area contributed by atoms with Gasteiger partial charge >= 0.3 is 0 Å². The Morgan fingerprint density at radius 1 is 1.24 bits per heavy atom. The fraction of sp³-hybridized carbons (Fsp3) is 0.600. The molecule has 2 rings (SSSR count). The van der Waals surface area contributed by atoms with Crippen molar-refractivity contribution < 1.29 is 24.4 Å². The van der Waals surface area contributed by atoms with Crippen molar-refractivity contribution >= 4 is 0 Å². The van der Waals surface area contributed by atoms with E-state index in [4.69, 9.17) is 19.3 Å². The Morgan fingerprint density at radius 3 is 2.44 bits per heavy atom. The number of ether oxygens (including phenoxy) is 3. The molecule has 1 aromatic rings. The fourth-order valence-electron chi connectivity index (χ4n) is 3.12. The summed E-state index contributed by atoms with van der Waals surface area (Å²) in [6.07, 6.45) is 1.99. The van der Waals surface area contributed by atoms with Crippen LogP contribution in [0, 0.1) is 11.8 Å². The number of rotatable bonds is 10. The summed E-state index contributed by atoms with van der Waals surface area (Å²) in [5.74, 6) is 1.02. The zero-order valence-electron chi connectivity index (χ0n) is 15.5. The molecule has 0 saturated carbocycles. The maximum atomic E-state index is 9.57. The van der Waals surface area contributed by atoms with Crippen molar-refractivity contribution in [2.45, 2.75) is 45.7 Å². The van der Waals surface area contributed by atoms with Crippen LogP contribution in [0.25, 0.3) is 0 Å². The fourth-order valence-corrected chi connectivity index (χ4v) is 3.12. The molecule has 1 aliphatic rings. The second-order valence-corrected chi connectivity index (χ2v) is 6.83. The number of benzene rings is 1. The predicted octanol–water partition coefficient (Wildman–Crippen LogP) is 2.55. The number of methoxy groups -OCH3 is 1. The predicted molar refractivity (Wildman–Crippen MR) is 96.5 cm³/mol. The minimum atomic E-state index is -0.166. The van der Waals surface area contributed by atoms with Gasteiger partial charge in [-0.2, -0.15) is 0 Å². The summed E-state index contributed by atoms with van der Waals surface area (Å²) in [5, 5.41) is 18.7. The molecule has 5 heteroatoms. The lowest BCUT2D eigenvalue weighted by Gasteiger charge is -2.25. The van der Waals surface area contributed by atoms with Crippen molar-refractivity contribution in [2.75, 3.05) is 20.3 Å². The van der Waals surface area contributed by atoms with E-state index in [9.17, 15) is 5.11 Å². The van der Waals surface area contributed by atoms with Gasteiger partial charge in [0.15, 0.2) is 0 Å². The van der Waals surface area contributed by atoms with Crippen LogP contribution in [0.3, 0.4) is 0 Å². The van der Waals surface area contributed by atoms with E-state index in [0.29, 0.717) is 6.61 Å². The molecule has 2 N–H and O–H groups in total. The molecule has 5 nitrogen and oxygen atoms in total. The van der Waals surface area contributed by atoms with E-state index in [-0.39, 0.29) is 43.4 Å². The van der Waals surface area contributed by atoms with Crippen LogP contribution in [0.15, 0.2) is 35.9 Å². The third-order valence-electron chi connectivity index (χ3n) is 4.69. The van der Waals surface area contributed by atoms with E-state index in [1.165, 1.54) is 0 Å². The maximum absolute atomic E-state index is 9.57. The van der Waals surface area contributed by atoms with E-state index in [1.807, 2.05) is 38.1 Å². The Balaban J connectivity index is 1.99. The Kier molecular flexibility index (Phi) is 7.44. The number of hydrogen-bond acceptors (Lipinski definition) is 5. The molecule has 1 heterocycles. The van der Waals surface area contributed by atoms with Crippen molar-refractivity contribution in [1.29, 1.82) is 0 Å². The zero-order chi connectivity index (χ0) is 18.4. The monoisotopic (exact) mass is 350 g/mol. The summed E-state index contributed by atoms with van der Waals surface area (Å²) >= 11 is 0. The largest absolute Gasteiger partial charge is 0.497 e. The van der Waals surface area contributed by atoms with Gasteiger partial charge in [0.25, 0.3) is 0 Å². The van der Waals surface area contributed by atoms with Gasteiger partial charge in [-0.1, -0.05) is 32.1 Å². The van der Waals surface area contributed by atoms with Crippen LogP contribution in [0.5, 0.6) is 5.75 Å². The van der Waals surface area contributed by atoms with E-state index in [1.54, 1.807) is 7.11 Å². The minimum absolute atomic E-state index is 0.00421. The SMILES string of the molecule is COc1ccc(CO[C@H](/C(C)=C/[C@@H](C)[C@H]2O[C@@H]2CO)[C@@H](C)CO)cc1. The molecule has 1 fully saturated rings. The average Bonchev–Trinajstić information content (AvgIpc) is 3.42. The normalized spacial score (nSPS) is 23.8. The van der Waals surface area contributed by atoms with Crippen LogP contribution in [0.2, 0.25) is 0 Å². The van der Waals surface area contributed by atoms with Crippen LogP contribution in [0.4, 0.5) is 0 Å². The third-order valence-corrected chi connectivity index (χ3v) is 4.69. The highest BCUT2D eigenvalue weighted by atomic mass is 16.6. The van der Waals surface area contributed by atoms with Crippen molar-refractivity contribution in [3.63, 3.8) is 0 Å². The zero-order valence-corrected chi connectivity index (χ0v) is 15.5. The lowest BCUT2D eigenvalue weighted by molar-refractivity contribution is 0.0120. The van der Waals surface area contributed by atoms with Gasteiger partial charge in [-0.15, -0.1) is 0 Å².